The third kappa shape index (κ3) is 2.17. The minimum atomic E-state index is -0.419. The van der Waals surface area contributed by atoms with Crippen LogP contribution >= 0.6 is 0 Å². The molecular formula is C12H16N2O2. The van der Waals surface area contributed by atoms with Crippen LogP contribution in [0, 0.1) is 0 Å². The Balaban J connectivity index is 2.19. The lowest BCUT2D eigenvalue weighted by Gasteiger charge is -2.23. The second-order valence-electron chi connectivity index (χ2n) is 3.97. The zero-order valence-corrected chi connectivity index (χ0v) is 9.32. The SMILES string of the molecule is CC1Oc2cc(CCCN)ccc2NC1=O. The van der Waals surface area contributed by atoms with E-state index in [2.05, 4.69) is 5.32 Å². The normalized spacial score (nSPS) is 18.6. The van der Waals surface area contributed by atoms with Gasteiger partial charge in [0.25, 0.3) is 5.91 Å². The lowest BCUT2D eigenvalue weighted by Crippen LogP contribution is -2.34. The number of amides is 1. The molecule has 16 heavy (non-hydrogen) atoms. The molecule has 1 heterocycles. The van der Waals surface area contributed by atoms with Gasteiger partial charge in [-0.05, 0) is 44.0 Å². The first-order valence-corrected chi connectivity index (χ1v) is 5.51. The van der Waals surface area contributed by atoms with Crippen molar-refractivity contribution in [3.8, 4) is 5.75 Å². The number of rotatable bonds is 3. The van der Waals surface area contributed by atoms with Crippen molar-refractivity contribution in [3.05, 3.63) is 23.8 Å². The lowest BCUT2D eigenvalue weighted by atomic mass is 10.1. The van der Waals surface area contributed by atoms with Crippen LogP contribution in [0.4, 0.5) is 5.69 Å². The van der Waals surface area contributed by atoms with Gasteiger partial charge in [-0.15, -0.1) is 0 Å². The highest BCUT2D eigenvalue weighted by Crippen LogP contribution is 2.30. The molecule has 1 amide bonds. The maximum atomic E-state index is 11.4. The highest BCUT2D eigenvalue weighted by molar-refractivity contribution is 5.97. The molecule has 0 aromatic heterocycles. The summed E-state index contributed by atoms with van der Waals surface area (Å²) in [4.78, 5) is 11.4. The predicted octanol–water partition coefficient (Wildman–Crippen LogP) is 1.30. The number of benzene rings is 1. The molecule has 0 aliphatic carbocycles. The third-order valence-corrected chi connectivity index (χ3v) is 2.65. The molecule has 1 aliphatic heterocycles. The van der Waals surface area contributed by atoms with Gasteiger partial charge in [0.2, 0.25) is 0 Å². The molecule has 2 rings (SSSR count). The first-order valence-electron chi connectivity index (χ1n) is 5.51. The van der Waals surface area contributed by atoms with Crippen LogP contribution in [0.5, 0.6) is 5.75 Å². The molecule has 4 nitrogen and oxygen atoms in total. The molecule has 1 aromatic rings. The number of hydrogen-bond acceptors (Lipinski definition) is 3. The molecule has 1 aliphatic rings. The zero-order chi connectivity index (χ0) is 11.5. The minimum Gasteiger partial charge on any atom is -0.479 e. The second kappa shape index (κ2) is 4.53. The number of hydrogen-bond donors (Lipinski definition) is 2. The van der Waals surface area contributed by atoms with E-state index >= 15 is 0 Å². The highest BCUT2D eigenvalue weighted by atomic mass is 16.5. The van der Waals surface area contributed by atoms with E-state index < -0.39 is 6.10 Å². The van der Waals surface area contributed by atoms with Gasteiger partial charge < -0.3 is 15.8 Å². The van der Waals surface area contributed by atoms with Gasteiger partial charge in [-0.25, -0.2) is 0 Å². The Morgan fingerprint density at radius 3 is 3.06 bits per heavy atom. The molecule has 4 heteroatoms. The largest absolute Gasteiger partial charge is 0.479 e. The molecule has 1 unspecified atom stereocenters. The van der Waals surface area contributed by atoms with Crippen LogP contribution in [0.1, 0.15) is 18.9 Å². The smallest absolute Gasteiger partial charge is 0.265 e. The van der Waals surface area contributed by atoms with Crippen molar-refractivity contribution in [2.75, 3.05) is 11.9 Å². The van der Waals surface area contributed by atoms with Gasteiger partial charge in [0.15, 0.2) is 6.10 Å². The van der Waals surface area contributed by atoms with Crippen LogP contribution in [0.25, 0.3) is 0 Å². The van der Waals surface area contributed by atoms with E-state index in [-0.39, 0.29) is 5.91 Å². The van der Waals surface area contributed by atoms with E-state index in [1.165, 1.54) is 5.56 Å². The van der Waals surface area contributed by atoms with Gasteiger partial charge in [0, 0.05) is 0 Å². The Morgan fingerprint density at radius 2 is 2.31 bits per heavy atom. The van der Waals surface area contributed by atoms with Crippen LogP contribution < -0.4 is 15.8 Å². The van der Waals surface area contributed by atoms with Gasteiger partial charge in [-0.3, -0.25) is 4.79 Å². The molecule has 0 saturated carbocycles. The van der Waals surface area contributed by atoms with Crippen molar-refractivity contribution in [2.45, 2.75) is 25.9 Å². The summed E-state index contributed by atoms with van der Waals surface area (Å²) in [5, 5.41) is 2.80. The summed E-state index contributed by atoms with van der Waals surface area (Å²) >= 11 is 0. The molecule has 0 saturated heterocycles. The monoisotopic (exact) mass is 220 g/mol. The predicted molar refractivity (Wildman–Crippen MR) is 62.5 cm³/mol. The van der Waals surface area contributed by atoms with Crippen LogP contribution in [-0.2, 0) is 11.2 Å². The fourth-order valence-electron chi connectivity index (χ4n) is 1.71. The van der Waals surface area contributed by atoms with Crippen molar-refractivity contribution in [3.63, 3.8) is 0 Å². The number of nitrogens with one attached hydrogen (secondary N) is 1. The van der Waals surface area contributed by atoms with Crippen LogP contribution in [-0.4, -0.2) is 18.6 Å². The van der Waals surface area contributed by atoms with E-state index in [9.17, 15) is 4.79 Å². The summed E-state index contributed by atoms with van der Waals surface area (Å²) < 4.78 is 5.52. The van der Waals surface area contributed by atoms with E-state index in [0.717, 1.165) is 24.3 Å². The van der Waals surface area contributed by atoms with Crippen molar-refractivity contribution in [1.29, 1.82) is 0 Å². The Morgan fingerprint density at radius 1 is 1.50 bits per heavy atom. The average Bonchev–Trinajstić information content (AvgIpc) is 2.28. The Labute approximate surface area is 94.8 Å². The molecule has 1 atom stereocenters. The number of anilines is 1. The summed E-state index contributed by atoms with van der Waals surface area (Å²) in [7, 11) is 0. The number of aryl methyl sites for hydroxylation is 1. The number of fused-ring (bicyclic) bond motifs is 1. The fourth-order valence-corrected chi connectivity index (χ4v) is 1.71. The summed E-state index contributed by atoms with van der Waals surface area (Å²) in [5.74, 6) is 0.656. The third-order valence-electron chi connectivity index (χ3n) is 2.65. The molecule has 0 radical (unpaired) electrons. The molecule has 86 valence electrons. The van der Waals surface area contributed by atoms with Gasteiger partial charge >= 0.3 is 0 Å². The van der Waals surface area contributed by atoms with Crippen molar-refractivity contribution >= 4 is 11.6 Å². The summed E-state index contributed by atoms with van der Waals surface area (Å²) in [5.41, 5.74) is 7.40. The average molecular weight is 220 g/mol. The van der Waals surface area contributed by atoms with Crippen molar-refractivity contribution in [2.24, 2.45) is 5.73 Å². The maximum absolute atomic E-state index is 11.4. The minimum absolute atomic E-state index is 0.0952. The molecule has 0 bridgehead atoms. The van der Waals surface area contributed by atoms with Crippen LogP contribution in [0.15, 0.2) is 18.2 Å². The summed E-state index contributed by atoms with van der Waals surface area (Å²) in [6.07, 6.45) is 1.48. The van der Waals surface area contributed by atoms with E-state index in [1.807, 2.05) is 18.2 Å². The van der Waals surface area contributed by atoms with E-state index in [4.69, 9.17) is 10.5 Å². The van der Waals surface area contributed by atoms with Crippen LogP contribution in [0.3, 0.4) is 0 Å². The molecule has 3 N–H and O–H groups in total. The number of carbonyl (C=O) groups excluding carboxylic acids is 1. The zero-order valence-electron chi connectivity index (χ0n) is 9.32. The molecular weight excluding hydrogens is 204 g/mol. The van der Waals surface area contributed by atoms with Crippen molar-refractivity contribution < 1.29 is 9.53 Å². The quantitative estimate of drug-likeness (QED) is 0.807. The van der Waals surface area contributed by atoms with Gasteiger partial charge in [-0.1, -0.05) is 6.07 Å². The van der Waals surface area contributed by atoms with Crippen LogP contribution in [0.2, 0.25) is 0 Å². The van der Waals surface area contributed by atoms with Gasteiger partial charge in [-0.2, -0.15) is 0 Å². The Kier molecular flexibility index (Phi) is 3.10. The molecule has 0 fully saturated rings. The number of ether oxygens (including phenoxy) is 1. The summed E-state index contributed by atoms with van der Waals surface area (Å²) in [6.45, 7) is 2.43. The van der Waals surface area contributed by atoms with E-state index in [0.29, 0.717) is 6.54 Å². The van der Waals surface area contributed by atoms with E-state index in [1.54, 1.807) is 6.92 Å². The maximum Gasteiger partial charge on any atom is 0.265 e. The van der Waals surface area contributed by atoms with Gasteiger partial charge in [0.05, 0.1) is 5.69 Å². The second-order valence-corrected chi connectivity index (χ2v) is 3.97. The number of nitrogens with two attached hydrogens (primary N) is 1. The fraction of sp³-hybridized carbons (Fsp3) is 0.417. The topological polar surface area (TPSA) is 64.3 Å². The molecule has 0 spiro atoms. The standard InChI is InChI=1S/C12H16N2O2/c1-8-12(15)14-10-5-4-9(3-2-6-13)7-11(10)16-8/h4-5,7-8H,2-3,6,13H2,1H3,(H,14,15). The Hall–Kier alpha value is -1.55. The number of carbonyl (C=O) groups is 1. The van der Waals surface area contributed by atoms with Gasteiger partial charge in [0.1, 0.15) is 5.75 Å². The molecule has 1 aromatic carbocycles. The highest BCUT2D eigenvalue weighted by Gasteiger charge is 2.23. The van der Waals surface area contributed by atoms with Crippen molar-refractivity contribution in [1.82, 2.24) is 0 Å². The first kappa shape index (κ1) is 11.0. The summed E-state index contributed by atoms with van der Waals surface area (Å²) in [6, 6.07) is 5.85. The first-order chi connectivity index (χ1) is 7.70. The Bertz CT molecular complexity index is 404. The lowest BCUT2D eigenvalue weighted by molar-refractivity contribution is -0.122.